The summed E-state index contributed by atoms with van der Waals surface area (Å²) in [6.45, 7) is 5.90. The van der Waals surface area contributed by atoms with E-state index in [0.29, 0.717) is 16.7 Å². The largest absolute Gasteiger partial charge is 0.319 e. The fourth-order valence-electron chi connectivity index (χ4n) is 3.37. The van der Waals surface area contributed by atoms with Crippen LogP contribution in [0.1, 0.15) is 35.8 Å². The Morgan fingerprint density at radius 3 is 2.60 bits per heavy atom. The number of carbonyl (C=O) groups excluding carboxylic acids is 1. The van der Waals surface area contributed by atoms with Crippen molar-refractivity contribution in [3.8, 4) is 11.3 Å². The molecule has 1 N–H and O–H groups in total. The van der Waals surface area contributed by atoms with Crippen molar-refractivity contribution < 1.29 is 13.6 Å². The molecule has 0 aliphatic carbocycles. The second-order valence-corrected chi connectivity index (χ2v) is 7.35. The van der Waals surface area contributed by atoms with Crippen LogP contribution in [0.2, 0.25) is 0 Å². The van der Waals surface area contributed by atoms with Gasteiger partial charge in [0.05, 0.1) is 28.5 Å². The maximum atomic E-state index is 14.1. The van der Waals surface area contributed by atoms with E-state index in [-0.39, 0.29) is 17.3 Å². The molecular weight excluding hydrogens is 386 g/mol. The lowest BCUT2D eigenvalue weighted by molar-refractivity contribution is 0.102. The summed E-state index contributed by atoms with van der Waals surface area (Å²) >= 11 is 0. The first-order chi connectivity index (χ1) is 14.4. The first-order valence-electron chi connectivity index (χ1n) is 9.56. The maximum absolute atomic E-state index is 14.1. The van der Waals surface area contributed by atoms with Crippen LogP contribution in [0.15, 0.2) is 54.7 Å². The van der Waals surface area contributed by atoms with E-state index in [1.807, 2.05) is 45.0 Å². The molecule has 30 heavy (non-hydrogen) atoms. The van der Waals surface area contributed by atoms with Gasteiger partial charge in [0.25, 0.3) is 5.91 Å². The van der Waals surface area contributed by atoms with Gasteiger partial charge in [0.1, 0.15) is 0 Å². The Balaban J connectivity index is 1.88. The highest BCUT2D eigenvalue weighted by atomic mass is 19.2. The first kappa shape index (κ1) is 19.7. The number of anilines is 1. The molecule has 7 heteroatoms. The lowest BCUT2D eigenvalue weighted by Gasteiger charge is -2.12. The van der Waals surface area contributed by atoms with E-state index in [9.17, 15) is 13.6 Å². The van der Waals surface area contributed by atoms with Crippen LogP contribution in [0.4, 0.5) is 14.5 Å². The molecule has 0 bridgehead atoms. The van der Waals surface area contributed by atoms with Crippen molar-refractivity contribution in [1.82, 2.24) is 14.8 Å². The van der Waals surface area contributed by atoms with Crippen molar-refractivity contribution in [2.45, 2.75) is 26.8 Å². The third kappa shape index (κ3) is 3.43. The molecular formula is C23H20F2N4O. The quantitative estimate of drug-likeness (QED) is 0.486. The van der Waals surface area contributed by atoms with Gasteiger partial charge in [-0.15, -0.1) is 0 Å². The first-order valence-corrected chi connectivity index (χ1v) is 9.56. The molecule has 0 radical (unpaired) electrons. The number of aromatic nitrogens is 3. The number of pyridine rings is 1. The molecule has 0 aliphatic rings. The van der Waals surface area contributed by atoms with Crippen LogP contribution >= 0.6 is 0 Å². The third-order valence-corrected chi connectivity index (χ3v) is 4.92. The van der Waals surface area contributed by atoms with Gasteiger partial charge in [0.15, 0.2) is 17.3 Å². The molecule has 152 valence electrons. The minimum Gasteiger partial charge on any atom is -0.319 e. The summed E-state index contributed by atoms with van der Waals surface area (Å²) in [5.74, 6) is -2.70. The number of nitrogens with one attached hydrogen (secondary N) is 1. The normalized spacial score (nSPS) is 11.3. The summed E-state index contributed by atoms with van der Waals surface area (Å²) in [6, 6.07) is 13.0. The van der Waals surface area contributed by atoms with E-state index >= 15 is 0 Å². The van der Waals surface area contributed by atoms with Crippen LogP contribution in [0.3, 0.4) is 0 Å². The van der Waals surface area contributed by atoms with Gasteiger partial charge in [0, 0.05) is 11.6 Å². The van der Waals surface area contributed by atoms with E-state index in [0.717, 1.165) is 17.2 Å². The van der Waals surface area contributed by atoms with Crippen molar-refractivity contribution in [2.24, 2.45) is 0 Å². The van der Waals surface area contributed by atoms with Gasteiger partial charge in [-0.25, -0.2) is 18.4 Å². The maximum Gasteiger partial charge on any atom is 0.256 e. The van der Waals surface area contributed by atoms with Crippen LogP contribution in [0.25, 0.3) is 22.3 Å². The molecule has 0 aliphatic heterocycles. The van der Waals surface area contributed by atoms with Crippen molar-refractivity contribution in [1.29, 1.82) is 0 Å². The van der Waals surface area contributed by atoms with E-state index in [4.69, 9.17) is 4.98 Å². The molecule has 2 aromatic carbocycles. The number of amides is 1. The summed E-state index contributed by atoms with van der Waals surface area (Å²) in [6.07, 6.45) is 1.57. The zero-order valence-electron chi connectivity index (χ0n) is 16.8. The molecule has 0 saturated heterocycles. The lowest BCUT2D eigenvalue weighted by Crippen LogP contribution is -2.15. The zero-order chi connectivity index (χ0) is 21.4. The molecule has 0 unspecified atom stereocenters. The summed E-state index contributed by atoms with van der Waals surface area (Å²) in [7, 11) is 0. The average Bonchev–Trinajstić information content (AvgIpc) is 3.15. The smallest absolute Gasteiger partial charge is 0.256 e. The Labute approximate surface area is 172 Å². The number of hydrogen-bond donors (Lipinski definition) is 1. The predicted octanol–water partition coefficient (Wildman–Crippen LogP) is 5.52. The van der Waals surface area contributed by atoms with Gasteiger partial charge in [0.2, 0.25) is 0 Å². The minimum absolute atomic E-state index is 0.0266. The van der Waals surface area contributed by atoms with Crippen LogP contribution in [0.5, 0.6) is 0 Å². The number of aryl methyl sites for hydroxylation is 1. The molecule has 2 heterocycles. The Bertz CT molecular complexity index is 1260. The monoisotopic (exact) mass is 406 g/mol. The zero-order valence-corrected chi connectivity index (χ0v) is 16.8. The van der Waals surface area contributed by atoms with Gasteiger partial charge in [-0.2, -0.15) is 5.10 Å². The Kier molecular flexibility index (Phi) is 5.03. The van der Waals surface area contributed by atoms with Crippen molar-refractivity contribution >= 4 is 22.6 Å². The molecule has 4 aromatic rings. The molecule has 0 spiro atoms. The number of carbonyl (C=O) groups is 1. The van der Waals surface area contributed by atoms with E-state index in [1.165, 1.54) is 12.1 Å². The number of halogens is 2. The fraction of sp³-hybridized carbons (Fsp3) is 0.174. The summed E-state index contributed by atoms with van der Waals surface area (Å²) in [4.78, 5) is 17.8. The Morgan fingerprint density at radius 2 is 1.87 bits per heavy atom. The predicted molar refractivity (Wildman–Crippen MR) is 112 cm³/mol. The summed E-state index contributed by atoms with van der Waals surface area (Å²) in [5, 5.41) is 7.38. The van der Waals surface area contributed by atoms with Crippen molar-refractivity contribution in [2.75, 3.05) is 5.32 Å². The van der Waals surface area contributed by atoms with Gasteiger partial charge >= 0.3 is 0 Å². The molecule has 0 saturated carbocycles. The van der Waals surface area contributed by atoms with Gasteiger partial charge in [-0.3, -0.25) is 4.79 Å². The topological polar surface area (TPSA) is 59.8 Å². The molecule has 2 aromatic heterocycles. The average molecular weight is 406 g/mol. The highest BCUT2D eigenvalue weighted by Crippen LogP contribution is 2.29. The highest BCUT2D eigenvalue weighted by molar-refractivity contribution is 6.12. The molecule has 0 atom stereocenters. The standard InChI is InChI=1S/C23H20F2N4O/c1-13(2)29-22-17(12-26-29)16(11-20(27-22)15-8-5-4-7-14(15)3)23(30)28-19-10-6-9-18(24)21(19)25/h4-13H,1-3H3,(H,28,30). The van der Waals surface area contributed by atoms with Crippen LogP contribution in [0, 0.1) is 18.6 Å². The van der Waals surface area contributed by atoms with E-state index in [2.05, 4.69) is 10.4 Å². The van der Waals surface area contributed by atoms with E-state index < -0.39 is 17.5 Å². The van der Waals surface area contributed by atoms with Gasteiger partial charge in [-0.1, -0.05) is 30.3 Å². The van der Waals surface area contributed by atoms with Crippen LogP contribution in [-0.2, 0) is 0 Å². The lowest BCUT2D eigenvalue weighted by atomic mass is 10.0. The summed E-state index contributed by atoms with van der Waals surface area (Å²) < 4.78 is 29.4. The SMILES string of the molecule is Cc1ccccc1-c1cc(C(=O)Nc2cccc(F)c2F)c2cnn(C(C)C)c2n1. The minimum atomic E-state index is -1.10. The Hall–Kier alpha value is -3.61. The molecule has 4 rings (SSSR count). The second kappa shape index (κ2) is 7.67. The number of nitrogens with zero attached hydrogens (tertiary/aromatic N) is 3. The second-order valence-electron chi connectivity index (χ2n) is 7.35. The van der Waals surface area contributed by atoms with Crippen LogP contribution < -0.4 is 5.32 Å². The van der Waals surface area contributed by atoms with Crippen molar-refractivity contribution in [3.63, 3.8) is 0 Å². The highest BCUT2D eigenvalue weighted by Gasteiger charge is 2.20. The molecule has 5 nitrogen and oxygen atoms in total. The number of benzene rings is 2. The number of hydrogen-bond acceptors (Lipinski definition) is 3. The van der Waals surface area contributed by atoms with Gasteiger partial charge in [-0.05, 0) is 44.5 Å². The third-order valence-electron chi connectivity index (χ3n) is 4.92. The number of rotatable bonds is 4. The fourth-order valence-corrected chi connectivity index (χ4v) is 3.37. The van der Waals surface area contributed by atoms with Gasteiger partial charge < -0.3 is 5.32 Å². The Morgan fingerprint density at radius 1 is 1.10 bits per heavy atom. The van der Waals surface area contributed by atoms with E-state index in [1.54, 1.807) is 16.9 Å². The molecule has 1 amide bonds. The molecule has 0 fully saturated rings. The van der Waals surface area contributed by atoms with Crippen LogP contribution in [-0.4, -0.2) is 20.7 Å². The number of fused-ring (bicyclic) bond motifs is 1. The summed E-state index contributed by atoms with van der Waals surface area (Å²) in [5.41, 5.74) is 3.10. The van der Waals surface area contributed by atoms with Crippen molar-refractivity contribution in [3.05, 3.63) is 77.5 Å².